The third-order valence-electron chi connectivity index (χ3n) is 5.03. The van der Waals surface area contributed by atoms with Gasteiger partial charge in [-0.05, 0) is 43.9 Å². The van der Waals surface area contributed by atoms with Crippen LogP contribution in [0.2, 0.25) is 0 Å². The van der Waals surface area contributed by atoms with Crippen molar-refractivity contribution < 1.29 is 52.7 Å². The van der Waals surface area contributed by atoms with Gasteiger partial charge in [0.1, 0.15) is 11.6 Å². The number of hydrogen-bond donors (Lipinski definition) is 2. The van der Waals surface area contributed by atoms with E-state index < -0.39 is 47.9 Å². The highest BCUT2D eigenvalue weighted by molar-refractivity contribution is 5.75. The SMILES string of the molecule is CCC(C)(C)OC(=O)OCC(C)C(c1ccc(OC(=O)OC)c(OC(=O)OC)c1)[C@H](N)C(=O)O. The lowest BCUT2D eigenvalue weighted by Gasteiger charge is -2.28. The van der Waals surface area contributed by atoms with Crippen LogP contribution in [-0.2, 0) is 23.7 Å². The van der Waals surface area contributed by atoms with E-state index >= 15 is 0 Å². The quantitative estimate of drug-likeness (QED) is 0.281. The molecule has 190 valence electrons. The van der Waals surface area contributed by atoms with Gasteiger partial charge in [0.2, 0.25) is 0 Å². The van der Waals surface area contributed by atoms with E-state index in [4.69, 9.17) is 24.7 Å². The van der Waals surface area contributed by atoms with Gasteiger partial charge in [0.15, 0.2) is 11.5 Å². The summed E-state index contributed by atoms with van der Waals surface area (Å²) in [6.45, 7) is 6.71. The maximum atomic E-state index is 12.0. The Labute approximate surface area is 197 Å². The first-order valence-corrected chi connectivity index (χ1v) is 10.3. The summed E-state index contributed by atoms with van der Waals surface area (Å²) in [6, 6.07) is 2.57. The van der Waals surface area contributed by atoms with Crippen LogP contribution in [-0.4, -0.2) is 62.0 Å². The molecule has 0 spiro atoms. The summed E-state index contributed by atoms with van der Waals surface area (Å²) < 4.78 is 29.3. The number of hydrogen-bond acceptors (Lipinski definition) is 11. The molecule has 0 saturated heterocycles. The standard InChI is InChI=1S/C22H31NO11/c1-7-22(3,4)34-21(28)31-11-12(2)16(17(23)18(24)25)13-8-9-14(32-19(26)29-5)15(10-13)33-20(27)30-6/h8-10,12,16-17H,7,11,23H2,1-6H3,(H,24,25)/t12?,16?,17-/m0/s1. The average Bonchev–Trinajstić information content (AvgIpc) is 2.78. The summed E-state index contributed by atoms with van der Waals surface area (Å²) in [6.07, 6.45) is -2.52. The van der Waals surface area contributed by atoms with Crippen LogP contribution in [0.5, 0.6) is 11.5 Å². The molecule has 0 fully saturated rings. The van der Waals surface area contributed by atoms with Gasteiger partial charge in [-0.2, -0.15) is 0 Å². The molecule has 0 saturated carbocycles. The summed E-state index contributed by atoms with van der Waals surface area (Å²) in [4.78, 5) is 46.9. The van der Waals surface area contributed by atoms with Crippen LogP contribution < -0.4 is 15.2 Å². The fourth-order valence-corrected chi connectivity index (χ4v) is 2.83. The van der Waals surface area contributed by atoms with E-state index in [-0.39, 0.29) is 18.1 Å². The summed E-state index contributed by atoms with van der Waals surface area (Å²) in [7, 11) is 2.17. The zero-order valence-electron chi connectivity index (χ0n) is 20.0. The maximum absolute atomic E-state index is 12.0. The molecule has 1 rings (SSSR count). The molecule has 0 amide bonds. The molecule has 0 bridgehead atoms. The molecule has 0 aromatic heterocycles. The van der Waals surface area contributed by atoms with Gasteiger partial charge < -0.3 is 39.3 Å². The lowest BCUT2D eigenvalue weighted by atomic mass is 9.82. The first kappa shape index (κ1) is 28.5. The van der Waals surface area contributed by atoms with Gasteiger partial charge in [0, 0.05) is 5.92 Å². The van der Waals surface area contributed by atoms with Crippen molar-refractivity contribution in [2.45, 2.75) is 51.7 Å². The van der Waals surface area contributed by atoms with Crippen molar-refractivity contribution in [3.63, 3.8) is 0 Å². The highest BCUT2D eigenvalue weighted by Gasteiger charge is 2.33. The number of carboxylic acids is 1. The fraction of sp³-hybridized carbons (Fsp3) is 0.545. The van der Waals surface area contributed by atoms with E-state index in [1.54, 1.807) is 20.8 Å². The van der Waals surface area contributed by atoms with Crippen molar-refractivity contribution in [2.75, 3.05) is 20.8 Å². The van der Waals surface area contributed by atoms with Crippen LogP contribution in [0.3, 0.4) is 0 Å². The van der Waals surface area contributed by atoms with Crippen LogP contribution in [0.15, 0.2) is 18.2 Å². The second-order valence-electron chi connectivity index (χ2n) is 7.96. The molecule has 0 aliphatic carbocycles. The van der Waals surface area contributed by atoms with E-state index in [1.807, 2.05) is 6.92 Å². The Hall–Kier alpha value is -3.54. The number of carbonyl (C=O) groups excluding carboxylic acids is 3. The molecule has 0 aliphatic rings. The molecule has 2 unspecified atom stereocenters. The summed E-state index contributed by atoms with van der Waals surface area (Å²) in [5, 5.41) is 9.53. The lowest BCUT2D eigenvalue weighted by molar-refractivity contribution is -0.139. The van der Waals surface area contributed by atoms with Crippen LogP contribution in [0.25, 0.3) is 0 Å². The Bertz CT molecular complexity index is 884. The zero-order valence-corrected chi connectivity index (χ0v) is 20.0. The number of aliphatic carboxylic acids is 1. The van der Waals surface area contributed by atoms with Gasteiger partial charge in [-0.15, -0.1) is 0 Å². The smallest absolute Gasteiger partial charge is 0.480 e. The Morgan fingerprint density at radius 2 is 1.56 bits per heavy atom. The molecule has 0 heterocycles. The predicted octanol–water partition coefficient (Wildman–Crippen LogP) is 3.45. The second-order valence-corrected chi connectivity index (χ2v) is 7.96. The Balaban J connectivity index is 3.25. The highest BCUT2D eigenvalue weighted by Crippen LogP contribution is 2.36. The summed E-state index contributed by atoms with van der Waals surface area (Å²) >= 11 is 0. The van der Waals surface area contributed by atoms with Crippen molar-refractivity contribution in [3.8, 4) is 11.5 Å². The van der Waals surface area contributed by atoms with E-state index in [9.17, 15) is 24.3 Å². The fourth-order valence-electron chi connectivity index (χ4n) is 2.83. The third-order valence-corrected chi connectivity index (χ3v) is 5.03. The molecular formula is C22H31NO11. The topological polar surface area (TPSA) is 170 Å². The zero-order chi connectivity index (χ0) is 26.1. The molecule has 0 aliphatic heterocycles. The van der Waals surface area contributed by atoms with Crippen molar-refractivity contribution in [3.05, 3.63) is 23.8 Å². The van der Waals surface area contributed by atoms with E-state index in [1.165, 1.54) is 18.2 Å². The maximum Gasteiger partial charge on any atom is 0.513 e. The molecule has 34 heavy (non-hydrogen) atoms. The van der Waals surface area contributed by atoms with Crippen LogP contribution in [0, 0.1) is 5.92 Å². The Morgan fingerprint density at radius 3 is 2.06 bits per heavy atom. The second kappa shape index (κ2) is 12.6. The number of methoxy groups -OCH3 is 2. The number of nitrogens with two attached hydrogens (primary N) is 1. The molecular weight excluding hydrogens is 454 g/mol. The molecule has 0 radical (unpaired) electrons. The van der Waals surface area contributed by atoms with Crippen molar-refractivity contribution in [1.82, 2.24) is 0 Å². The van der Waals surface area contributed by atoms with Gasteiger partial charge in [0.25, 0.3) is 0 Å². The molecule has 1 aromatic rings. The van der Waals surface area contributed by atoms with Crippen LogP contribution in [0.4, 0.5) is 14.4 Å². The number of carbonyl (C=O) groups is 4. The summed E-state index contributed by atoms with van der Waals surface area (Å²) in [5.41, 5.74) is 5.51. The number of ether oxygens (including phenoxy) is 6. The minimum atomic E-state index is -1.42. The normalized spacial score (nSPS) is 13.6. The summed E-state index contributed by atoms with van der Waals surface area (Å²) in [5.74, 6) is -3.25. The average molecular weight is 485 g/mol. The van der Waals surface area contributed by atoms with Gasteiger partial charge >= 0.3 is 24.4 Å². The van der Waals surface area contributed by atoms with Crippen molar-refractivity contribution >= 4 is 24.4 Å². The molecule has 12 nitrogen and oxygen atoms in total. The first-order valence-electron chi connectivity index (χ1n) is 10.3. The third kappa shape index (κ3) is 8.43. The van der Waals surface area contributed by atoms with Gasteiger partial charge in [-0.3, -0.25) is 4.79 Å². The van der Waals surface area contributed by atoms with Crippen LogP contribution >= 0.6 is 0 Å². The van der Waals surface area contributed by atoms with Crippen molar-refractivity contribution in [1.29, 1.82) is 0 Å². The number of benzene rings is 1. The first-order chi connectivity index (χ1) is 15.8. The molecule has 12 heteroatoms. The van der Waals surface area contributed by atoms with E-state index in [0.717, 1.165) is 14.2 Å². The monoisotopic (exact) mass is 485 g/mol. The van der Waals surface area contributed by atoms with Crippen molar-refractivity contribution in [2.24, 2.45) is 11.7 Å². The van der Waals surface area contributed by atoms with E-state index in [0.29, 0.717) is 12.0 Å². The highest BCUT2D eigenvalue weighted by atomic mass is 16.7. The Morgan fingerprint density at radius 1 is 1.00 bits per heavy atom. The van der Waals surface area contributed by atoms with Gasteiger partial charge in [0.05, 0.1) is 20.8 Å². The van der Waals surface area contributed by atoms with Gasteiger partial charge in [-0.1, -0.05) is 19.9 Å². The molecule has 3 N–H and O–H groups in total. The molecule has 3 atom stereocenters. The number of carboxylic acid groups (broad SMARTS) is 1. The predicted molar refractivity (Wildman–Crippen MR) is 117 cm³/mol. The van der Waals surface area contributed by atoms with Crippen LogP contribution in [0.1, 0.15) is 45.6 Å². The largest absolute Gasteiger partial charge is 0.513 e. The Kier molecular flexibility index (Phi) is 10.6. The van der Waals surface area contributed by atoms with Gasteiger partial charge in [-0.25, -0.2) is 14.4 Å². The lowest BCUT2D eigenvalue weighted by Crippen LogP contribution is -2.41. The van der Waals surface area contributed by atoms with E-state index in [2.05, 4.69) is 9.47 Å². The minimum Gasteiger partial charge on any atom is -0.480 e. The minimum absolute atomic E-state index is 0.182. The number of rotatable bonds is 10. The molecule has 1 aromatic carbocycles.